The molecule has 5 nitrogen and oxygen atoms in total. The average Bonchev–Trinajstić information content (AvgIpc) is 3.75. The Morgan fingerprint density at radius 3 is 1.71 bits per heavy atom. The summed E-state index contributed by atoms with van der Waals surface area (Å²) in [5.41, 5.74) is 17.4. The molecule has 0 atom stereocenters. The number of rotatable bonds is 9. The normalized spacial score (nSPS) is 11.5. The number of hydrogen-bond acceptors (Lipinski definition) is 4. The molecule has 0 aliphatic carbocycles. The van der Waals surface area contributed by atoms with Gasteiger partial charge in [-0.1, -0.05) is 194 Å². The fourth-order valence-electron chi connectivity index (χ4n) is 9.43. The summed E-state index contributed by atoms with van der Waals surface area (Å²) < 4.78 is 2.36. The first-order valence-electron chi connectivity index (χ1n) is 23.0. The monoisotopic (exact) mass is 869 g/mol. The second-order valence-corrected chi connectivity index (χ2v) is 17.1. The maximum atomic E-state index is 5.36. The van der Waals surface area contributed by atoms with E-state index in [1.54, 1.807) is 0 Å². The van der Waals surface area contributed by atoms with E-state index < -0.39 is 0 Å². The second-order valence-electron chi connectivity index (χ2n) is 17.1. The quantitative estimate of drug-likeness (QED) is 0.145. The van der Waals surface area contributed by atoms with Crippen LogP contribution in [0, 0.1) is 6.92 Å². The summed E-state index contributed by atoms with van der Waals surface area (Å²) in [7, 11) is 0. The second kappa shape index (κ2) is 17.4. The third-order valence-electron chi connectivity index (χ3n) is 12.8. The molecule has 0 aliphatic rings. The smallest absolute Gasteiger partial charge is 0.160 e. The number of para-hydroxylation sites is 2. The van der Waals surface area contributed by atoms with Crippen molar-refractivity contribution in [2.45, 2.75) is 6.92 Å². The topological polar surface area (TPSA) is 56.5 Å². The van der Waals surface area contributed by atoms with Crippen LogP contribution in [0.25, 0.3) is 118 Å². The van der Waals surface area contributed by atoms with E-state index in [-0.39, 0.29) is 0 Å². The summed E-state index contributed by atoms with van der Waals surface area (Å²) in [6, 6.07) is 80.7. The lowest BCUT2D eigenvalue weighted by Gasteiger charge is -2.18. The van der Waals surface area contributed by atoms with Gasteiger partial charge in [-0.05, 0) is 83.3 Å². The molecule has 9 aromatic carbocycles. The highest BCUT2D eigenvalue weighted by Crippen LogP contribution is 2.41. The van der Waals surface area contributed by atoms with Crippen LogP contribution in [0.3, 0.4) is 0 Å². The summed E-state index contributed by atoms with van der Waals surface area (Å²) >= 11 is 0. The molecular weight excluding hydrogens is 827 g/mol. The van der Waals surface area contributed by atoms with Gasteiger partial charge in [-0.3, -0.25) is 0 Å². The van der Waals surface area contributed by atoms with E-state index in [0.717, 1.165) is 100 Å². The minimum absolute atomic E-state index is 0.684. The Morgan fingerprint density at radius 1 is 0.368 bits per heavy atom. The lowest BCUT2D eigenvalue weighted by molar-refractivity contribution is 1.16. The van der Waals surface area contributed by atoms with Crippen LogP contribution in [0.5, 0.6) is 0 Å². The molecule has 12 rings (SSSR count). The van der Waals surface area contributed by atoms with Gasteiger partial charge in [-0.25, -0.2) is 19.9 Å². The predicted octanol–water partition coefficient (Wildman–Crippen LogP) is 16.0. The molecule has 0 aliphatic heterocycles. The molecule has 0 saturated heterocycles. The summed E-state index contributed by atoms with van der Waals surface area (Å²) in [4.78, 5) is 21.0. The van der Waals surface area contributed by atoms with Crippen molar-refractivity contribution < 1.29 is 0 Å². The van der Waals surface area contributed by atoms with E-state index in [9.17, 15) is 0 Å². The highest BCUT2D eigenvalue weighted by molar-refractivity contribution is 6.10. The predicted molar refractivity (Wildman–Crippen MR) is 282 cm³/mol. The largest absolute Gasteiger partial charge is 0.309 e. The summed E-state index contributed by atoms with van der Waals surface area (Å²) in [5, 5.41) is 3.38. The molecule has 12 aromatic rings. The lowest BCUT2D eigenvalue weighted by atomic mass is 9.90. The summed E-state index contributed by atoms with van der Waals surface area (Å²) in [6.07, 6.45) is 4.28. The Labute approximate surface area is 395 Å². The summed E-state index contributed by atoms with van der Waals surface area (Å²) in [6.45, 7) is 2.18. The zero-order valence-electron chi connectivity index (χ0n) is 37.3. The van der Waals surface area contributed by atoms with Crippen LogP contribution < -0.4 is 0 Å². The number of nitrogens with zero attached hydrogens (tertiary/aromatic N) is 5. The van der Waals surface area contributed by atoms with E-state index in [1.165, 1.54) is 10.8 Å². The molecule has 0 spiro atoms. The van der Waals surface area contributed by atoms with Crippen LogP contribution in [0.4, 0.5) is 0 Å². The minimum atomic E-state index is 0.684. The molecule has 0 saturated carbocycles. The van der Waals surface area contributed by atoms with Crippen LogP contribution in [0.2, 0.25) is 0 Å². The van der Waals surface area contributed by atoms with E-state index >= 15 is 0 Å². The number of hydrogen-bond donors (Lipinski definition) is 0. The number of aryl methyl sites for hydroxylation is 1. The number of benzene rings is 9. The Morgan fingerprint density at radius 2 is 0.941 bits per heavy atom. The highest BCUT2D eigenvalue weighted by atomic mass is 15.0. The zero-order chi connectivity index (χ0) is 45.4. The van der Waals surface area contributed by atoms with Crippen molar-refractivity contribution in [3.8, 4) is 73.2 Å². The number of fused-ring (bicyclic) bond motifs is 4. The zero-order valence-corrected chi connectivity index (χ0v) is 37.3. The van der Waals surface area contributed by atoms with Gasteiger partial charge in [0.25, 0.3) is 0 Å². The van der Waals surface area contributed by atoms with Gasteiger partial charge >= 0.3 is 0 Å². The van der Waals surface area contributed by atoms with Gasteiger partial charge in [-0.15, -0.1) is 0 Å². The SMILES string of the molecule is Cc1ccc(-c2ccc3c(c2)c2ccccc2n3-c2cccc(-c3nc(-c4ccccc4)c4ccccc4n3)c2)cc1-c1c(C=Cc2ccccc2)nc(-c2ccccc2)nc1-c1ccccc1. The third kappa shape index (κ3) is 7.52. The van der Waals surface area contributed by atoms with Crippen molar-refractivity contribution in [1.82, 2.24) is 24.5 Å². The van der Waals surface area contributed by atoms with Gasteiger partial charge in [0.2, 0.25) is 0 Å². The van der Waals surface area contributed by atoms with E-state index in [2.05, 4.69) is 212 Å². The van der Waals surface area contributed by atoms with Crippen LogP contribution in [-0.2, 0) is 0 Å². The van der Waals surface area contributed by atoms with Crippen molar-refractivity contribution in [3.63, 3.8) is 0 Å². The molecule has 0 N–H and O–H groups in total. The fraction of sp³-hybridized carbons (Fsp3) is 0.0159. The molecule has 3 aromatic heterocycles. The van der Waals surface area contributed by atoms with E-state index in [1.807, 2.05) is 42.5 Å². The molecule has 68 heavy (non-hydrogen) atoms. The van der Waals surface area contributed by atoms with Crippen molar-refractivity contribution in [1.29, 1.82) is 0 Å². The molecule has 0 unspecified atom stereocenters. The Balaban J connectivity index is 0.998. The Bertz CT molecular complexity index is 3840. The maximum absolute atomic E-state index is 5.36. The summed E-state index contributed by atoms with van der Waals surface area (Å²) in [5.74, 6) is 1.38. The van der Waals surface area contributed by atoms with Gasteiger partial charge < -0.3 is 4.57 Å². The molecule has 3 heterocycles. The first-order valence-corrected chi connectivity index (χ1v) is 23.0. The average molecular weight is 870 g/mol. The number of aromatic nitrogens is 5. The first kappa shape index (κ1) is 40.4. The van der Waals surface area contributed by atoms with Crippen molar-refractivity contribution >= 4 is 44.9 Å². The molecule has 0 bridgehead atoms. The molecule has 0 amide bonds. The van der Waals surface area contributed by atoms with E-state index in [0.29, 0.717) is 11.6 Å². The van der Waals surface area contributed by atoms with Crippen LogP contribution >= 0.6 is 0 Å². The Hall–Kier alpha value is -9.06. The van der Waals surface area contributed by atoms with Gasteiger partial charge in [0, 0.05) is 49.7 Å². The molecule has 320 valence electrons. The minimum Gasteiger partial charge on any atom is -0.309 e. The molecule has 0 radical (unpaired) electrons. The van der Waals surface area contributed by atoms with Crippen LogP contribution in [0.15, 0.2) is 231 Å². The third-order valence-corrected chi connectivity index (χ3v) is 12.8. The Kier molecular flexibility index (Phi) is 10.3. The van der Waals surface area contributed by atoms with Gasteiger partial charge in [0.05, 0.1) is 33.6 Å². The maximum Gasteiger partial charge on any atom is 0.160 e. The molecular formula is C63H43N5. The van der Waals surface area contributed by atoms with Gasteiger partial charge in [0.15, 0.2) is 11.6 Å². The standard InChI is InChI=1S/C63H43N5/c1-42-33-35-47(40-53(42)59-56(37-34-43-19-6-2-7-20-43)65-62(46-25-12-5-13-26-46)67-61(59)45-23-10-4-11-24-45)48-36-38-58-54(41-48)51-29-15-17-32-57(51)68(58)50-28-18-27-49(39-50)63-64-55-31-16-14-30-52(55)60(66-63)44-21-8-3-9-22-44/h2-41H,1H3. The van der Waals surface area contributed by atoms with Crippen molar-refractivity contribution in [3.05, 3.63) is 247 Å². The first-order chi connectivity index (χ1) is 33.6. The highest BCUT2D eigenvalue weighted by Gasteiger charge is 2.21. The molecule has 0 fully saturated rings. The fourth-order valence-corrected chi connectivity index (χ4v) is 9.43. The van der Waals surface area contributed by atoms with Crippen LogP contribution in [0.1, 0.15) is 16.8 Å². The lowest BCUT2D eigenvalue weighted by Crippen LogP contribution is -2.01. The van der Waals surface area contributed by atoms with Crippen molar-refractivity contribution in [2.24, 2.45) is 0 Å². The van der Waals surface area contributed by atoms with Gasteiger partial charge in [-0.2, -0.15) is 0 Å². The van der Waals surface area contributed by atoms with Crippen LogP contribution in [-0.4, -0.2) is 24.5 Å². The van der Waals surface area contributed by atoms with E-state index in [4.69, 9.17) is 19.9 Å². The molecule has 5 heteroatoms. The van der Waals surface area contributed by atoms with Gasteiger partial charge in [0.1, 0.15) is 0 Å². The van der Waals surface area contributed by atoms with Crippen molar-refractivity contribution in [2.75, 3.05) is 0 Å².